The second-order valence-electron chi connectivity index (χ2n) is 5.66. The molecule has 5 nitrogen and oxygen atoms in total. The number of nitrogens with two attached hydrogens (primary N) is 1. The quantitative estimate of drug-likeness (QED) is 0.836. The maximum Gasteiger partial charge on any atom is 0.241 e. The molecule has 1 aromatic rings. The van der Waals surface area contributed by atoms with E-state index in [1.165, 1.54) is 25.7 Å². The van der Waals surface area contributed by atoms with E-state index in [-0.39, 0.29) is 29.1 Å². The summed E-state index contributed by atoms with van der Waals surface area (Å²) in [7, 11) is -2.45. The summed E-state index contributed by atoms with van der Waals surface area (Å²) in [6, 6.07) is 3.22. The molecule has 1 unspecified atom stereocenters. The van der Waals surface area contributed by atoms with Crippen LogP contribution in [0.3, 0.4) is 0 Å². The fourth-order valence-corrected chi connectivity index (χ4v) is 4.28. The van der Waals surface area contributed by atoms with E-state index < -0.39 is 15.8 Å². The summed E-state index contributed by atoms with van der Waals surface area (Å²) >= 11 is 0. The molecule has 0 bridgehead atoms. The number of methoxy groups -OCH3 is 1. The third-order valence-corrected chi connectivity index (χ3v) is 5.70. The zero-order chi connectivity index (χ0) is 16.2. The highest BCUT2D eigenvalue weighted by molar-refractivity contribution is 7.89. The molecule has 1 fully saturated rings. The van der Waals surface area contributed by atoms with Gasteiger partial charge in [-0.15, -0.1) is 0 Å². The molecular formula is C15H23FN2O3S. The minimum Gasteiger partial charge on any atom is -0.494 e. The van der Waals surface area contributed by atoms with Gasteiger partial charge >= 0.3 is 0 Å². The lowest BCUT2D eigenvalue weighted by atomic mass is 9.84. The van der Waals surface area contributed by atoms with Gasteiger partial charge in [0.1, 0.15) is 0 Å². The Kier molecular flexibility index (Phi) is 5.77. The monoisotopic (exact) mass is 330 g/mol. The standard InChI is InChI=1S/C15H23FN2O3S/c1-21-15-9-12(7-8-13(15)16)22(19,20)18-14(10-17)11-5-3-2-4-6-11/h7-9,11,14,18H,2-6,10,17H2,1H3. The lowest BCUT2D eigenvalue weighted by Gasteiger charge is -2.29. The Labute approximate surface area is 131 Å². The van der Waals surface area contributed by atoms with Gasteiger partial charge < -0.3 is 10.5 Å². The Bertz CT molecular complexity index is 601. The summed E-state index contributed by atoms with van der Waals surface area (Å²) in [5.74, 6) is -0.426. The van der Waals surface area contributed by atoms with Crippen LogP contribution in [0, 0.1) is 11.7 Å². The number of rotatable bonds is 6. The molecule has 1 atom stereocenters. The van der Waals surface area contributed by atoms with Crippen LogP contribution in [0.4, 0.5) is 4.39 Å². The zero-order valence-corrected chi connectivity index (χ0v) is 13.5. The highest BCUT2D eigenvalue weighted by atomic mass is 32.2. The Morgan fingerprint density at radius 2 is 2.05 bits per heavy atom. The van der Waals surface area contributed by atoms with Crippen molar-refractivity contribution in [1.82, 2.24) is 4.72 Å². The molecule has 0 amide bonds. The second kappa shape index (κ2) is 7.39. The number of halogens is 1. The van der Waals surface area contributed by atoms with Gasteiger partial charge in [-0.25, -0.2) is 17.5 Å². The van der Waals surface area contributed by atoms with Crippen LogP contribution in [0.5, 0.6) is 5.75 Å². The summed E-state index contributed by atoms with van der Waals surface area (Å²) in [4.78, 5) is -0.0139. The molecule has 3 N–H and O–H groups in total. The molecule has 2 rings (SSSR count). The predicted molar refractivity (Wildman–Crippen MR) is 82.7 cm³/mol. The van der Waals surface area contributed by atoms with Crippen LogP contribution in [0.1, 0.15) is 32.1 Å². The SMILES string of the molecule is COc1cc(S(=O)(=O)NC(CN)C2CCCCC2)ccc1F. The Hall–Kier alpha value is -1.18. The van der Waals surface area contributed by atoms with Gasteiger partial charge in [0, 0.05) is 18.7 Å². The molecule has 1 aliphatic rings. The van der Waals surface area contributed by atoms with E-state index in [0.29, 0.717) is 0 Å². The number of sulfonamides is 1. The third-order valence-electron chi connectivity index (χ3n) is 4.21. The summed E-state index contributed by atoms with van der Waals surface area (Å²) in [5, 5.41) is 0. The molecule has 0 spiro atoms. The fourth-order valence-electron chi connectivity index (χ4n) is 2.95. The van der Waals surface area contributed by atoms with Crippen molar-refractivity contribution in [2.75, 3.05) is 13.7 Å². The molecule has 1 aliphatic carbocycles. The minimum atomic E-state index is -3.75. The van der Waals surface area contributed by atoms with Crippen molar-refractivity contribution >= 4 is 10.0 Å². The Balaban J connectivity index is 2.18. The van der Waals surface area contributed by atoms with Gasteiger partial charge in [-0.05, 0) is 30.9 Å². The van der Waals surface area contributed by atoms with E-state index >= 15 is 0 Å². The van der Waals surface area contributed by atoms with Crippen LogP contribution < -0.4 is 15.2 Å². The molecule has 7 heteroatoms. The molecule has 0 aliphatic heterocycles. The highest BCUT2D eigenvalue weighted by Gasteiger charge is 2.27. The third kappa shape index (κ3) is 3.97. The van der Waals surface area contributed by atoms with Gasteiger partial charge in [-0.2, -0.15) is 0 Å². The lowest BCUT2D eigenvalue weighted by molar-refractivity contribution is 0.294. The zero-order valence-electron chi connectivity index (χ0n) is 12.7. The maximum absolute atomic E-state index is 13.4. The highest BCUT2D eigenvalue weighted by Crippen LogP contribution is 2.27. The van der Waals surface area contributed by atoms with Gasteiger partial charge in [0.05, 0.1) is 12.0 Å². The van der Waals surface area contributed by atoms with E-state index in [2.05, 4.69) is 4.72 Å². The first-order chi connectivity index (χ1) is 10.5. The number of hydrogen-bond acceptors (Lipinski definition) is 4. The van der Waals surface area contributed by atoms with E-state index in [0.717, 1.165) is 31.7 Å². The molecule has 0 saturated heterocycles. The second-order valence-corrected chi connectivity index (χ2v) is 7.37. The van der Waals surface area contributed by atoms with Gasteiger partial charge in [0.2, 0.25) is 10.0 Å². The number of hydrogen-bond donors (Lipinski definition) is 2. The van der Waals surface area contributed by atoms with Crippen molar-refractivity contribution in [3.63, 3.8) is 0 Å². The number of ether oxygens (including phenoxy) is 1. The average molecular weight is 330 g/mol. The normalized spacial score (nSPS) is 18.1. The van der Waals surface area contributed by atoms with Crippen molar-refractivity contribution in [3.8, 4) is 5.75 Å². The molecule has 1 aromatic carbocycles. The van der Waals surface area contributed by atoms with Crippen LogP contribution >= 0.6 is 0 Å². The number of nitrogens with one attached hydrogen (secondary N) is 1. The molecule has 0 aromatic heterocycles. The van der Waals surface area contributed by atoms with Gasteiger partial charge in [0.15, 0.2) is 11.6 Å². The lowest BCUT2D eigenvalue weighted by Crippen LogP contribution is -2.45. The van der Waals surface area contributed by atoms with Crippen molar-refractivity contribution in [2.24, 2.45) is 11.7 Å². The van der Waals surface area contributed by atoms with Crippen molar-refractivity contribution in [2.45, 2.75) is 43.0 Å². The van der Waals surface area contributed by atoms with E-state index in [1.54, 1.807) is 0 Å². The van der Waals surface area contributed by atoms with Crippen LogP contribution in [0.15, 0.2) is 23.1 Å². The largest absolute Gasteiger partial charge is 0.494 e. The van der Waals surface area contributed by atoms with Crippen LogP contribution in [0.2, 0.25) is 0 Å². The van der Waals surface area contributed by atoms with E-state index in [1.807, 2.05) is 0 Å². The predicted octanol–water partition coefficient (Wildman–Crippen LogP) is 2.02. The smallest absolute Gasteiger partial charge is 0.241 e. The molecule has 0 heterocycles. The Morgan fingerprint density at radius 3 is 2.64 bits per heavy atom. The first kappa shape index (κ1) is 17.2. The first-order valence-corrected chi connectivity index (χ1v) is 9.02. The fraction of sp³-hybridized carbons (Fsp3) is 0.600. The Morgan fingerprint density at radius 1 is 1.36 bits per heavy atom. The summed E-state index contributed by atoms with van der Waals surface area (Å²) in [5.41, 5.74) is 5.76. The van der Waals surface area contributed by atoms with Crippen molar-refractivity contribution in [3.05, 3.63) is 24.0 Å². The van der Waals surface area contributed by atoms with Gasteiger partial charge in [0.25, 0.3) is 0 Å². The summed E-state index contributed by atoms with van der Waals surface area (Å²) in [6.45, 7) is 0.252. The first-order valence-electron chi connectivity index (χ1n) is 7.54. The molecular weight excluding hydrogens is 307 g/mol. The summed E-state index contributed by atoms with van der Waals surface area (Å²) < 4.78 is 45.9. The minimum absolute atomic E-state index is 0.0139. The van der Waals surface area contributed by atoms with E-state index in [4.69, 9.17) is 10.5 Å². The van der Waals surface area contributed by atoms with Crippen LogP contribution in [0.25, 0.3) is 0 Å². The molecule has 22 heavy (non-hydrogen) atoms. The maximum atomic E-state index is 13.4. The topological polar surface area (TPSA) is 81.4 Å². The average Bonchev–Trinajstić information content (AvgIpc) is 2.53. The summed E-state index contributed by atoms with van der Waals surface area (Å²) in [6.07, 6.45) is 5.37. The van der Waals surface area contributed by atoms with Crippen LogP contribution in [-0.4, -0.2) is 28.1 Å². The number of benzene rings is 1. The molecule has 0 radical (unpaired) electrons. The van der Waals surface area contributed by atoms with Gasteiger partial charge in [-0.1, -0.05) is 19.3 Å². The molecule has 1 saturated carbocycles. The van der Waals surface area contributed by atoms with E-state index in [9.17, 15) is 12.8 Å². The van der Waals surface area contributed by atoms with Crippen molar-refractivity contribution in [1.29, 1.82) is 0 Å². The molecule has 124 valence electrons. The van der Waals surface area contributed by atoms with Crippen LogP contribution in [-0.2, 0) is 10.0 Å². The van der Waals surface area contributed by atoms with Crippen molar-refractivity contribution < 1.29 is 17.5 Å². The van der Waals surface area contributed by atoms with Gasteiger partial charge in [-0.3, -0.25) is 0 Å².